The summed E-state index contributed by atoms with van der Waals surface area (Å²) in [4.78, 5) is 4.08. The van der Waals surface area contributed by atoms with Gasteiger partial charge in [-0.3, -0.25) is 4.98 Å². The van der Waals surface area contributed by atoms with E-state index >= 15 is 0 Å². The van der Waals surface area contributed by atoms with Crippen molar-refractivity contribution in [2.75, 3.05) is 30.6 Å². The summed E-state index contributed by atoms with van der Waals surface area (Å²) in [5.74, 6) is 1.40. The number of nitrogens with two attached hydrogens (primary N) is 1. The Labute approximate surface area is 200 Å². The van der Waals surface area contributed by atoms with E-state index in [2.05, 4.69) is 34.3 Å². The molecule has 0 amide bonds. The Hall–Kier alpha value is -4.45. The van der Waals surface area contributed by atoms with Crippen LogP contribution in [-0.4, -0.2) is 19.2 Å². The average Bonchev–Trinajstić information content (AvgIpc) is 2.89. The Morgan fingerprint density at radius 2 is 1.59 bits per heavy atom. The van der Waals surface area contributed by atoms with Gasteiger partial charge in [-0.1, -0.05) is 36.9 Å². The molecule has 172 valence electrons. The highest BCUT2D eigenvalue weighted by atomic mass is 16.5. The fraction of sp³-hybridized carbons (Fsp3) is 0.107. The van der Waals surface area contributed by atoms with Gasteiger partial charge in [-0.05, 0) is 58.7 Å². The molecule has 34 heavy (non-hydrogen) atoms. The molecular weight excluding hydrogens is 424 g/mol. The summed E-state index contributed by atoms with van der Waals surface area (Å²) in [6.07, 6.45) is 3.55. The molecule has 4 rings (SSSR count). The second kappa shape index (κ2) is 10.4. The molecule has 0 radical (unpaired) electrons. The number of anilines is 3. The molecule has 3 aromatic carbocycles. The number of aromatic nitrogens is 1. The zero-order valence-electron chi connectivity index (χ0n) is 19.3. The van der Waals surface area contributed by atoms with Gasteiger partial charge in [0.15, 0.2) is 11.5 Å². The number of rotatable bonds is 9. The molecule has 4 N–H and O–H groups in total. The summed E-state index contributed by atoms with van der Waals surface area (Å²) in [6, 6.07) is 23.9. The van der Waals surface area contributed by atoms with Gasteiger partial charge in [0.2, 0.25) is 0 Å². The second-order valence-electron chi connectivity index (χ2n) is 7.76. The van der Waals surface area contributed by atoms with Crippen molar-refractivity contribution in [1.29, 1.82) is 0 Å². The van der Waals surface area contributed by atoms with Gasteiger partial charge in [0.05, 0.1) is 25.6 Å². The lowest BCUT2D eigenvalue weighted by Gasteiger charge is -2.15. The molecule has 1 heterocycles. The predicted octanol–water partition coefficient (Wildman–Crippen LogP) is 6.04. The molecule has 0 unspecified atom stereocenters. The van der Waals surface area contributed by atoms with E-state index in [0.717, 1.165) is 39.3 Å². The lowest BCUT2D eigenvalue weighted by atomic mass is 10.0. The first-order chi connectivity index (χ1) is 16.6. The van der Waals surface area contributed by atoms with Gasteiger partial charge in [0, 0.05) is 36.4 Å². The van der Waals surface area contributed by atoms with Gasteiger partial charge in [-0.25, -0.2) is 0 Å². The summed E-state index contributed by atoms with van der Waals surface area (Å²) < 4.78 is 10.7. The summed E-state index contributed by atoms with van der Waals surface area (Å²) in [7, 11) is 3.26. The van der Waals surface area contributed by atoms with E-state index in [1.54, 1.807) is 26.6 Å². The number of nitrogen functional groups attached to an aromatic ring is 1. The molecule has 0 aliphatic rings. The van der Waals surface area contributed by atoms with E-state index in [1.807, 2.05) is 60.7 Å². The Morgan fingerprint density at radius 3 is 2.29 bits per heavy atom. The predicted molar refractivity (Wildman–Crippen MR) is 140 cm³/mol. The van der Waals surface area contributed by atoms with Crippen molar-refractivity contribution in [3.8, 4) is 22.6 Å². The van der Waals surface area contributed by atoms with Crippen LogP contribution in [0.4, 0.5) is 17.1 Å². The summed E-state index contributed by atoms with van der Waals surface area (Å²) in [5.41, 5.74) is 13.7. The maximum atomic E-state index is 6.21. The van der Waals surface area contributed by atoms with Crippen LogP contribution in [0.3, 0.4) is 0 Å². The van der Waals surface area contributed by atoms with Crippen molar-refractivity contribution in [2.24, 2.45) is 0 Å². The first-order valence-electron chi connectivity index (χ1n) is 10.9. The maximum Gasteiger partial charge on any atom is 0.162 e. The summed E-state index contributed by atoms with van der Waals surface area (Å²) >= 11 is 0. The quantitative estimate of drug-likeness (QED) is 0.269. The van der Waals surface area contributed by atoms with E-state index in [-0.39, 0.29) is 0 Å². The van der Waals surface area contributed by atoms with E-state index in [1.165, 1.54) is 0 Å². The molecule has 1 aromatic heterocycles. The van der Waals surface area contributed by atoms with Crippen LogP contribution in [0.1, 0.15) is 11.1 Å². The molecule has 6 nitrogen and oxygen atoms in total. The molecular formula is C28H28N4O2. The molecule has 0 bridgehead atoms. The van der Waals surface area contributed by atoms with E-state index < -0.39 is 0 Å². The number of pyridine rings is 1. The molecule has 4 aromatic rings. The zero-order valence-corrected chi connectivity index (χ0v) is 19.3. The van der Waals surface area contributed by atoms with E-state index in [9.17, 15) is 0 Å². The Kier molecular flexibility index (Phi) is 6.98. The van der Waals surface area contributed by atoms with Crippen LogP contribution < -0.4 is 25.8 Å². The van der Waals surface area contributed by atoms with Crippen molar-refractivity contribution in [2.45, 2.75) is 6.54 Å². The van der Waals surface area contributed by atoms with E-state index in [4.69, 9.17) is 15.2 Å². The standard InChI is InChI=1S/C28H28N4O2/c1-19(32-26-16-23(8-10-25(26)29)22-12-14-30-15-13-22)21-6-4-20(5-7-21)18-31-24-9-11-27(33-2)28(17-24)34-3/h4-17,31-32H,1,18,29H2,2-3H3. The number of methoxy groups -OCH3 is 2. The van der Waals surface area contributed by atoms with Crippen LogP contribution in [0, 0.1) is 0 Å². The zero-order chi connectivity index (χ0) is 23.9. The number of benzene rings is 3. The summed E-state index contributed by atoms with van der Waals surface area (Å²) in [5, 5.41) is 6.77. The molecule has 0 saturated carbocycles. The monoisotopic (exact) mass is 452 g/mol. The molecule has 0 fully saturated rings. The Bertz CT molecular complexity index is 1270. The largest absolute Gasteiger partial charge is 0.493 e. The second-order valence-corrected chi connectivity index (χ2v) is 7.76. The van der Waals surface area contributed by atoms with Crippen molar-refractivity contribution in [3.05, 3.63) is 103 Å². The highest BCUT2D eigenvalue weighted by Crippen LogP contribution is 2.31. The van der Waals surface area contributed by atoms with Gasteiger partial charge in [0.1, 0.15) is 0 Å². The lowest BCUT2D eigenvalue weighted by molar-refractivity contribution is 0.355. The van der Waals surface area contributed by atoms with Crippen molar-refractivity contribution < 1.29 is 9.47 Å². The molecule has 0 aliphatic heterocycles. The smallest absolute Gasteiger partial charge is 0.162 e. The third-order valence-electron chi connectivity index (χ3n) is 5.54. The van der Waals surface area contributed by atoms with Gasteiger partial charge in [0.25, 0.3) is 0 Å². The number of hydrogen-bond acceptors (Lipinski definition) is 6. The number of nitrogens with one attached hydrogen (secondary N) is 2. The van der Waals surface area contributed by atoms with Crippen LogP contribution in [-0.2, 0) is 6.54 Å². The first-order valence-corrected chi connectivity index (χ1v) is 10.9. The molecule has 0 spiro atoms. The molecule has 0 aliphatic carbocycles. The van der Waals surface area contributed by atoms with Gasteiger partial charge in [-0.2, -0.15) is 0 Å². The third-order valence-corrected chi connectivity index (χ3v) is 5.54. The van der Waals surface area contributed by atoms with Crippen LogP contribution in [0.2, 0.25) is 0 Å². The fourth-order valence-corrected chi connectivity index (χ4v) is 3.60. The number of hydrogen-bond donors (Lipinski definition) is 3. The topological polar surface area (TPSA) is 81.4 Å². The molecule has 0 saturated heterocycles. The van der Waals surface area contributed by atoms with Crippen LogP contribution in [0.15, 0.2) is 91.8 Å². The van der Waals surface area contributed by atoms with Crippen molar-refractivity contribution in [3.63, 3.8) is 0 Å². The van der Waals surface area contributed by atoms with E-state index in [0.29, 0.717) is 23.7 Å². The SMILES string of the molecule is C=C(Nc1cc(-c2ccncc2)ccc1N)c1ccc(CNc2ccc(OC)c(OC)c2)cc1. The molecule has 0 atom stereocenters. The lowest BCUT2D eigenvalue weighted by Crippen LogP contribution is -2.03. The van der Waals surface area contributed by atoms with Gasteiger partial charge >= 0.3 is 0 Å². The number of ether oxygens (including phenoxy) is 2. The van der Waals surface area contributed by atoms with Crippen LogP contribution >= 0.6 is 0 Å². The third kappa shape index (κ3) is 5.30. The fourth-order valence-electron chi connectivity index (χ4n) is 3.60. The van der Waals surface area contributed by atoms with Crippen molar-refractivity contribution >= 4 is 22.8 Å². The average molecular weight is 453 g/mol. The van der Waals surface area contributed by atoms with Crippen LogP contribution in [0.5, 0.6) is 11.5 Å². The highest BCUT2D eigenvalue weighted by Gasteiger charge is 2.07. The van der Waals surface area contributed by atoms with Gasteiger partial charge < -0.3 is 25.8 Å². The minimum atomic E-state index is 0.662. The summed E-state index contributed by atoms with van der Waals surface area (Å²) in [6.45, 7) is 4.88. The van der Waals surface area contributed by atoms with Gasteiger partial charge in [-0.15, -0.1) is 0 Å². The highest BCUT2D eigenvalue weighted by molar-refractivity contribution is 5.84. The van der Waals surface area contributed by atoms with Crippen molar-refractivity contribution in [1.82, 2.24) is 4.98 Å². The minimum absolute atomic E-state index is 0.662. The van der Waals surface area contributed by atoms with Crippen LogP contribution in [0.25, 0.3) is 16.8 Å². The maximum absolute atomic E-state index is 6.21. The number of nitrogens with zero attached hydrogens (tertiary/aromatic N) is 1. The Balaban J connectivity index is 1.41. The minimum Gasteiger partial charge on any atom is -0.493 e. The Morgan fingerprint density at radius 1 is 0.853 bits per heavy atom. The molecule has 6 heteroatoms. The first kappa shape index (κ1) is 22.7. The normalized spacial score (nSPS) is 10.4.